The molecule has 0 N–H and O–H groups in total. The predicted molar refractivity (Wildman–Crippen MR) is 333 cm³/mol. The fourth-order valence-electron chi connectivity index (χ4n) is 11.3. The van der Waals surface area contributed by atoms with Crippen molar-refractivity contribution in [3.05, 3.63) is 207 Å². The molecule has 7 rings (SSSR count). The Bertz CT molecular complexity index is 3550. The molecule has 0 aliphatic heterocycles. The second-order valence-electron chi connectivity index (χ2n) is 25.0. The third kappa shape index (κ3) is 19.4. The van der Waals surface area contributed by atoms with Crippen molar-refractivity contribution in [2.45, 2.75) is 143 Å². The predicted octanol–water partition coefficient (Wildman–Crippen LogP) is 22.2. The summed E-state index contributed by atoms with van der Waals surface area (Å²) < 4.78 is 341. The van der Waals surface area contributed by atoms with Gasteiger partial charge >= 0.3 is 76.7 Å². The Morgan fingerprint density at radius 3 is 0.653 bits per heavy atom. The maximum Gasteiger partial charge on any atom is 1.00 e. The molecule has 0 radical (unpaired) electrons. The molecule has 0 bridgehead atoms. The van der Waals surface area contributed by atoms with Crippen molar-refractivity contribution in [3.63, 3.8) is 0 Å². The maximum absolute atomic E-state index is 14.2. The molecule has 0 heterocycles. The number of halogens is 24. The van der Waals surface area contributed by atoms with E-state index in [-0.39, 0.29) is 38.6 Å². The van der Waals surface area contributed by atoms with E-state index in [9.17, 15) is 105 Å². The second-order valence-corrected chi connectivity index (χ2v) is 25.0. The largest absolute Gasteiger partial charge is 1.00 e. The standard InChI is InChI=1S/C37H49N3.C32H12BF24.Tl/c1-24(2)29-18-12-15-21-32(29)38-27(7)35(28(8)39-33-22-16-13-19-30(33)25(3)4)36(37(9,10)11)40-34-23-17-14-20-31(34)26(5)6;34-25(35,36)13-1-14(26(37,38)39)6-21(5-13)33(22-7-15(27(40,41)42)2-16(8-22)28(43,44)45,23-9-17(29(46,47)48)3-18(10-23)30(49,50)51)24-11-19(31(52,53)54)4-20(12-24)32(55,56)57;/h12-26,35H,1-11H3;1-12H;/q;-1;+1. The number of hydrogen-bond acceptors (Lipinski definition) is 3. The van der Waals surface area contributed by atoms with E-state index >= 15 is 0 Å². The Kier molecular flexibility index (Phi) is 24.6. The molecule has 0 saturated heterocycles. The maximum atomic E-state index is 14.2. The second kappa shape index (κ2) is 29.6. The molecule has 98 heavy (non-hydrogen) atoms. The molecule has 29 heteroatoms. The average Bonchev–Trinajstić information content (AvgIpc) is 0.708. The van der Waals surface area contributed by atoms with Gasteiger partial charge in [-0.3, -0.25) is 15.0 Å². The summed E-state index contributed by atoms with van der Waals surface area (Å²) in [7, 11) is 0. The number of hydrogen-bond donors (Lipinski definition) is 0. The number of nitrogens with zero attached hydrogens (tertiary/aromatic N) is 3. The molecule has 526 valence electrons. The average molecular weight is 1600 g/mol. The van der Waals surface area contributed by atoms with Crippen molar-refractivity contribution in [1.29, 1.82) is 0 Å². The minimum atomic E-state index is -6.13. The van der Waals surface area contributed by atoms with Crippen LogP contribution in [0.15, 0.2) is 161 Å². The van der Waals surface area contributed by atoms with E-state index in [1.54, 1.807) is 0 Å². The van der Waals surface area contributed by atoms with Crippen molar-refractivity contribution in [3.8, 4) is 0 Å². The van der Waals surface area contributed by atoms with Gasteiger partial charge in [-0.1, -0.05) is 165 Å². The summed E-state index contributed by atoms with van der Waals surface area (Å²) >= 11 is 0. The Morgan fingerprint density at radius 1 is 0.296 bits per heavy atom. The van der Waals surface area contributed by atoms with Crippen molar-refractivity contribution >= 4 is 89.5 Å². The van der Waals surface area contributed by atoms with Crippen molar-refractivity contribution in [2.75, 3.05) is 0 Å². The fourth-order valence-corrected chi connectivity index (χ4v) is 11.3. The number of benzene rings is 7. The van der Waals surface area contributed by atoms with Gasteiger partial charge in [-0.2, -0.15) is 127 Å². The zero-order chi connectivity index (χ0) is 73.5. The summed E-state index contributed by atoms with van der Waals surface area (Å²) in [5, 5.41) is 0. The molecular formula is C69H61BF24N3Tl. The van der Waals surface area contributed by atoms with Crippen LogP contribution in [0.5, 0.6) is 0 Å². The Labute approximate surface area is 568 Å². The van der Waals surface area contributed by atoms with E-state index in [1.807, 2.05) is 0 Å². The van der Waals surface area contributed by atoms with E-state index in [2.05, 4.69) is 149 Å². The van der Waals surface area contributed by atoms with Crippen molar-refractivity contribution in [1.82, 2.24) is 0 Å². The van der Waals surface area contributed by atoms with Crippen LogP contribution < -0.4 is 21.9 Å². The molecule has 0 aromatic heterocycles. The smallest absolute Gasteiger partial charge is 0.257 e. The Balaban J connectivity index is 0.000000372. The molecule has 7 aromatic rings. The van der Waals surface area contributed by atoms with Gasteiger partial charge in [0.2, 0.25) is 0 Å². The number of rotatable bonds is 13. The van der Waals surface area contributed by atoms with Crippen LogP contribution in [0.4, 0.5) is 122 Å². The summed E-state index contributed by atoms with van der Waals surface area (Å²) in [5.74, 6) is 0.987. The molecule has 0 amide bonds. The van der Waals surface area contributed by atoms with Crippen LogP contribution >= 0.6 is 0 Å². The van der Waals surface area contributed by atoms with Gasteiger partial charge in [0.05, 0.1) is 67.5 Å². The minimum Gasteiger partial charge on any atom is -0.257 e. The summed E-state index contributed by atoms with van der Waals surface area (Å²) in [4.78, 5) is 16.0. The van der Waals surface area contributed by atoms with E-state index in [1.165, 1.54) is 16.7 Å². The summed E-state index contributed by atoms with van der Waals surface area (Å²) in [6.45, 7) is 24.4. The Morgan fingerprint density at radius 2 is 0.480 bits per heavy atom. The van der Waals surface area contributed by atoms with Crippen LogP contribution in [0.1, 0.15) is 155 Å². The third-order valence-corrected chi connectivity index (χ3v) is 15.8. The van der Waals surface area contributed by atoms with E-state index in [4.69, 9.17) is 15.0 Å². The first-order valence-electron chi connectivity index (χ1n) is 29.4. The van der Waals surface area contributed by atoms with Crippen LogP contribution in [0.3, 0.4) is 0 Å². The molecule has 0 atom stereocenters. The molecular weight excluding hydrogens is 1540 g/mol. The van der Waals surface area contributed by atoms with E-state index in [0.29, 0.717) is 17.8 Å². The zero-order valence-corrected chi connectivity index (χ0v) is 58.2. The molecule has 0 aliphatic rings. The first-order chi connectivity index (χ1) is 44.1. The van der Waals surface area contributed by atoms with Gasteiger partial charge in [-0.25, -0.2) is 0 Å². The van der Waals surface area contributed by atoms with E-state index in [0.717, 1.165) is 34.2 Å². The zero-order valence-electron chi connectivity index (χ0n) is 53.7. The van der Waals surface area contributed by atoms with E-state index < -0.39 is 195 Å². The topological polar surface area (TPSA) is 37.1 Å². The van der Waals surface area contributed by atoms with Gasteiger partial charge in [0.25, 0.3) is 0 Å². The van der Waals surface area contributed by atoms with Crippen LogP contribution in [0.2, 0.25) is 0 Å². The first-order valence-corrected chi connectivity index (χ1v) is 29.4. The van der Waals surface area contributed by atoms with Gasteiger partial charge in [-0.15, -0.1) is 0 Å². The summed E-state index contributed by atoms with van der Waals surface area (Å²) in [6.07, 6.45) is -54.8. The van der Waals surface area contributed by atoms with Crippen molar-refractivity contribution < 1.29 is 105 Å². The third-order valence-electron chi connectivity index (χ3n) is 15.8. The molecule has 0 fully saturated rings. The molecule has 0 unspecified atom stereocenters. The molecule has 0 saturated carbocycles. The fraction of sp³-hybridized carbons (Fsp3) is 0.348. The van der Waals surface area contributed by atoms with Gasteiger partial charge in [0.15, 0.2) is 0 Å². The number of para-hydroxylation sites is 3. The molecule has 0 aliphatic carbocycles. The summed E-state index contributed by atoms with van der Waals surface area (Å²) in [5.41, 5.74) is -20.5. The minimum absolute atomic E-state index is 0. The van der Waals surface area contributed by atoms with Gasteiger partial charge in [-0.05, 0) is 90.8 Å². The summed E-state index contributed by atoms with van der Waals surface area (Å²) in [6, 6.07) is 16.7. The molecule has 0 spiro atoms. The monoisotopic (exact) mass is 1600 g/mol. The van der Waals surface area contributed by atoms with Crippen LogP contribution in [0, 0.1) is 11.3 Å². The van der Waals surface area contributed by atoms with Crippen LogP contribution in [0.25, 0.3) is 0 Å². The van der Waals surface area contributed by atoms with Crippen molar-refractivity contribution in [2.24, 2.45) is 26.3 Å². The van der Waals surface area contributed by atoms with Gasteiger partial charge in [0, 0.05) is 22.6 Å². The van der Waals surface area contributed by atoms with Gasteiger partial charge in [0.1, 0.15) is 6.15 Å². The number of aliphatic imine (C=N–C) groups is 3. The van der Waals surface area contributed by atoms with Crippen LogP contribution in [-0.2, 0) is 49.4 Å². The first kappa shape index (κ1) is 81.5. The molecule has 3 nitrogen and oxygen atoms in total. The SMILES string of the molecule is CC(=Nc1ccccc1C(C)C)C(C(C)=Nc1ccccc1C(C)C)C(=Nc1ccccc1C(C)C)C(C)(C)C.FC(F)(F)c1cc([B-](c2cc(C(F)(F)F)cc(C(F)(F)F)c2)(c2cc(C(F)(F)F)cc(C(F)(F)F)c2)c2cc(C(F)(F)F)cc(C(F)(F)F)c2)cc(C(F)(F)F)c1.[Tl+]. The molecule has 7 aromatic carbocycles. The van der Waals surface area contributed by atoms with Gasteiger partial charge < -0.3 is 0 Å². The Hall–Kier alpha value is -7.14. The quantitative estimate of drug-likeness (QED) is 0.0627. The van der Waals surface area contributed by atoms with Crippen LogP contribution in [-0.4, -0.2) is 50.6 Å². The number of alkyl halides is 24. The normalized spacial score (nSPS) is 14.2.